The van der Waals surface area contributed by atoms with Gasteiger partial charge in [0.2, 0.25) is 5.60 Å². The second-order valence-corrected chi connectivity index (χ2v) is 9.27. The zero-order valence-corrected chi connectivity index (χ0v) is 19.3. The number of allylic oxidation sites excluding steroid dienone is 1. The summed E-state index contributed by atoms with van der Waals surface area (Å²) in [6.45, 7) is 7.68. The number of rotatable bonds is 9. The van der Waals surface area contributed by atoms with Gasteiger partial charge in [0.15, 0.2) is 0 Å². The van der Waals surface area contributed by atoms with E-state index in [1.165, 1.54) is 6.08 Å². The third-order valence-corrected chi connectivity index (χ3v) is 6.41. The predicted molar refractivity (Wildman–Crippen MR) is 123 cm³/mol. The minimum Gasteiger partial charge on any atom is -0.481 e. The molecule has 3 atom stereocenters. The zero-order chi connectivity index (χ0) is 24.3. The van der Waals surface area contributed by atoms with Gasteiger partial charge in [0.25, 0.3) is 0 Å². The van der Waals surface area contributed by atoms with Crippen LogP contribution in [0.15, 0.2) is 72.8 Å². The number of aliphatic carboxylic acids is 1. The Morgan fingerprint density at radius 2 is 1.70 bits per heavy atom. The van der Waals surface area contributed by atoms with Crippen LogP contribution in [0.1, 0.15) is 33.3 Å². The number of carboxylic acid groups (broad SMARTS) is 1. The molecule has 172 valence electrons. The van der Waals surface area contributed by atoms with Crippen LogP contribution in [0.4, 0.5) is 0 Å². The summed E-state index contributed by atoms with van der Waals surface area (Å²) in [5.41, 5.74) is -3.96. The van der Waals surface area contributed by atoms with Crippen LogP contribution < -0.4 is 4.74 Å². The lowest BCUT2D eigenvalue weighted by atomic mass is 9.74. The number of carbonyl (C=O) groups excluding carboxylic acids is 1. The number of carboxylic acids is 1. The maximum atomic E-state index is 13.0. The molecule has 0 heterocycles. The van der Waals surface area contributed by atoms with Crippen LogP contribution in [0.5, 0.6) is 5.75 Å². The van der Waals surface area contributed by atoms with Crippen molar-refractivity contribution < 1.29 is 24.2 Å². The molecule has 2 aromatic carbocycles. The molecular formula is C27H29NO5. The maximum absolute atomic E-state index is 13.0. The summed E-state index contributed by atoms with van der Waals surface area (Å²) >= 11 is 0. The number of para-hydroxylation sites is 1. The first-order valence-corrected chi connectivity index (χ1v) is 10.9. The van der Waals surface area contributed by atoms with Crippen molar-refractivity contribution in [3.05, 3.63) is 78.4 Å². The van der Waals surface area contributed by atoms with E-state index < -0.39 is 34.3 Å². The summed E-state index contributed by atoms with van der Waals surface area (Å²) in [6, 6.07) is 19.6. The molecule has 1 aliphatic rings. The smallest absolute Gasteiger partial charge is 0.330 e. The lowest BCUT2D eigenvalue weighted by Gasteiger charge is -2.36. The van der Waals surface area contributed by atoms with Crippen LogP contribution in [-0.2, 0) is 19.9 Å². The molecule has 1 N–H and O–H groups in total. The average Bonchev–Trinajstić information content (AvgIpc) is 3.32. The van der Waals surface area contributed by atoms with Gasteiger partial charge in [0, 0.05) is 17.6 Å². The third kappa shape index (κ3) is 4.00. The van der Waals surface area contributed by atoms with Crippen LogP contribution in [0, 0.1) is 34.0 Å². The van der Waals surface area contributed by atoms with E-state index in [2.05, 4.69) is 6.07 Å². The van der Waals surface area contributed by atoms with Gasteiger partial charge in [0.1, 0.15) is 17.2 Å². The number of benzene rings is 2. The molecule has 33 heavy (non-hydrogen) atoms. The van der Waals surface area contributed by atoms with E-state index in [1.807, 2.05) is 19.9 Å². The molecule has 0 saturated heterocycles. The van der Waals surface area contributed by atoms with Gasteiger partial charge in [-0.3, -0.25) is 4.79 Å². The molecule has 3 rings (SSSR count). The fourth-order valence-corrected chi connectivity index (χ4v) is 4.77. The lowest BCUT2D eigenvalue weighted by molar-refractivity contribution is -0.154. The Hall–Kier alpha value is -3.59. The molecule has 1 aliphatic carbocycles. The Labute approximate surface area is 194 Å². The molecule has 6 nitrogen and oxygen atoms in total. The fourth-order valence-electron chi connectivity index (χ4n) is 4.77. The standard InChI is InChI=1S/C27H29NO5/c1-19(2)17-32-23(29)16-15-22-25(3,4)27(22,24(30)31)26(18-28,20-11-7-5-8-12-20)33-21-13-9-6-10-14-21/h5-16,19,22H,17H2,1-4H3,(H,30,31)/t22-,26+,27-/m1/s1. The molecular weight excluding hydrogens is 418 g/mol. The van der Waals surface area contributed by atoms with Crippen LogP contribution in [0.25, 0.3) is 0 Å². The summed E-state index contributed by atoms with van der Waals surface area (Å²) in [6.07, 6.45) is 2.80. The van der Waals surface area contributed by atoms with Crippen LogP contribution in [-0.4, -0.2) is 23.7 Å². The highest BCUT2D eigenvalue weighted by Gasteiger charge is 2.85. The van der Waals surface area contributed by atoms with Crippen molar-refractivity contribution in [1.29, 1.82) is 5.26 Å². The molecule has 0 amide bonds. The average molecular weight is 448 g/mol. The highest BCUT2D eigenvalue weighted by atomic mass is 16.5. The molecule has 1 saturated carbocycles. The van der Waals surface area contributed by atoms with E-state index in [4.69, 9.17) is 9.47 Å². The molecule has 1 fully saturated rings. The summed E-state index contributed by atoms with van der Waals surface area (Å²) < 4.78 is 11.5. The largest absolute Gasteiger partial charge is 0.481 e. The second-order valence-electron chi connectivity index (χ2n) is 9.27. The van der Waals surface area contributed by atoms with E-state index in [-0.39, 0.29) is 12.5 Å². The minimum absolute atomic E-state index is 0.182. The highest BCUT2D eigenvalue weighted by molar-refractivity contribution is 5.87. The Morgan fingerprint density at radius 3 is 2.21 bits per heavy atom. The van der Waals surface area contributed by atoms with Crippen molar-refractivity contribution in [2.75, 3.05) is 6.61 Å². The Bertz CT molecular complexity index is 1070. The van der Waals surface area contributed by atoms with E-state index in [1.54, 1.807) is 74.5 Å². The van der Waals surface area contributed by atoms with Crippen molar-refractivity contribution in [1.82, 2.24) is 0 Å². The van der Waals surface area contributed by atoms with E-state index >= 15 is 0 Å². The molecule has 0 aliphatic heterocycles. The molecule has 0 radical (unpaired) electrons. The summed E-state index contributed by atoms with van der Waals surface area (Å²) in [5.74, 6) is -1.81. The number of nitriles is 1. The summed E-state index contributed by atoms with van der Waals surface area (Å²) in [5, 5.41) is 21.1. The van der Waals surface area contributed by atoms with Gasteiger partial charge in [-0.25, -0.2) is 4.79 Å². The maximum Gasteiger partial charge on any atom is 0.330 e. The van der Waals surface area contributed by atoms with E-state index in [0.29, 0.717) is 11.3 Å². The van der Waals surface area contributed by atoms with Crippen molar-refractivity contribution in [3.63, 3.8) is 0 Å². The van der Waals surface area contributed by atoms with Gasteiger partial charge < -0.3 is 14.6 Å². The number of nitrogens with zero attached hydrogens (tertiary/aromatic N) is 1. The van der Waals surface area contributed by atoms with Crippen molar-refractivity contribution in [3.8, 4) is 11.8 Å². The summed E-state index contributed by atoms with van der Waals surface area (Å²) in [7, 11) is 0. The Morgan fingerprint density at radius 1 is 1.12 bits per heavy atom. The molecule has 0 bridgehead atoms. The minimum atomic E-state index is -1.85. The van der Waals surface area contributed by atoms with Crippen LogP contribution in [0.2, 0.25) is 0 Å². The SMILES string of the molecule is CC(C)COC(=O)C=C[C@@H]1C(C)(C)[C@@]1(C(=O)O)[C@@](C#N)(Oc1ccccc1)c1ccccc1. The van der Waals surface area contributed by atoms with Crippen LogP contribution >= 0.6 is 0 Å². The number of hydrogen-bond donors (Lipinski definition) is 1. The van der Waals surface area contributed by atoms with Crippen molar-refractivity contribution in [2.24, 2.45) is 22.7 Å². The van der Waals surface area contributed by atoms with Gasteiger partial charge in [-0.15, -0.1) is 0 Å². The first-order valence-electron chi connectivity index (χ1n) is 10.9. The van der Waals surface area contributed by atoms with Crippen LogP contribution in [0.3, 0.4) is 0 Å². The van der Waals surface area contributed by atoms with Gasteiger partial charge in [-0.05, 0) is 23.5 Å². The number of carbonyl (C=O) groups is 2. The Balaban J connectivity index is 2.12. The first kappa shape index (κ1) is 24.1. The first-order chi connectivity index (χ1) is 15.6. The normalized spacial score (nSPS) is 22.8. The topological polar surface area (TPSA) is 96.6 Å². The lowest BCUT2D eigenvalue weighted by Crippen LogP contribution is -2.49. The molecule has 0 spiro atoms. The highest BCUT2D eigenvalue weighted by Crippen LogP contribution is 2.77. The fraction of sp³-hybridized carbons (Fsp3) is 0.370. The third-order valence-electron chi connectivity index (χ3n) is 6.41. The van der Waals surface area contributed by atoms with Gasteiger partial charge in [0.05, 0.1) is 6.61 Å². The van der Waals surface area contributed by atoms with Gasteiger partial charge >= 0.3 is 11.9 Å². The molecule has 0 aromatic heterocycles. The molecule has 6 heteroatoms. The number of esters is 1. The monoisotopic (exact) mass is 447 g/mol. The summed E-state index contributed by atoms with van der Waals surface area (Å²) in [4.78, 5) is 25.2. The zero-order valence-electron chi connectivity index (χ0n) is 19.3. The quantitative estimate of drug-likeness (QED) is 0.431. The number of ether oxygens (including phenoxy) is 2. The molecule has 2 aromatic rings. The predicted octanol–water partition coefficient (Wildman–Crippen LogP) is 4.97. The Kier molecular flexibility index (Phi) is 6.64. The van der Waals surface area contributed by atoms with E-state index in [9.17, 15) is 20.0 Å². The molecule has 0 unspecified atom stereocenters. The van der Waals surface area contributed by atoms with E-state index in [0.717, 1.165) is 0 Å². The second kappa shape index (κ2) is 9.11. The van der Waals surface area contributed by atoms with Gasteiger partial charge in [-0.1, -0.05) is 82.3 Å². The van der Waals surface area contributed by atoms with Crippen molar-refractivity contribution in [2.45, 2.75) is 33.3 Å². The van der Waals surface area contributed by atoms with Gasteiger partial charge in [-0.2, -0.15) is 5.26 Å². The van der Waals surface area contributed by atoms with Crippen molar-refractivity contribution >= 4 is 11.9 Å². The number of hydrogen-bond acceptors (Lipinski definition) is 5.